The van der Waals surface area contributed by atoms with E-state index in [1.54, 1.807) is 7.11 Å². The van der Waals surface area contributed by atoms with Crippen LogP contribution in [0.1, 0.15) is 45.6 Å². The Hall–Kier alpha value is -1.51. The first-order chi connectivity index (χ1) is 13.0. The van der Waals surface area contributed by atoms with Gasteiger partial charge >= 0.3 is 0 Å². The minimum absolute atomic E-state index is 0. The summed E-state index contributed by atoms with van der Waals surface area (Å²) in [6.45, 7) is 11.5. The quantitative estimate of drug-likeness (QED) is 0.301. The molecule has 160 valence electrons. The molecule has 0 spiro atoms. The van der Waals surface area contributed by atoms with Crippen molar-refractivity contribution in [3.63, 3.8) is 0 Å². The zero-order valence-corrected chi connectivity index (χ0v) is 20.5. The van der Waals surface area contributed by atoms with Crippen molar-refractivity contribution >= 4 is 35.8 Å². The van der Waals surface area contributed by atoms with E-state index >= 15 is 0 Å². The summed E-state index contributed by atoms with van der Waals surface area (Å²) in [7, 11) is 3.59. The fraction of sp³-hybridized carbons (Fsp3) is 0.619. The number of amides is 1. The standard InChI is InChI=1S/C21H36N4O2.HI/c1-7-22-21(24(5)16-20(26)25(8-2)9-3)23-15-14-17(4)18-10-12-19(27-6)13-11-18;/h10-13,17H,7-9,14-16H2,1-6H3,(H,22,23);1H. The normalized spacial score (nSPS) is 12.0. The van der Waals surface area contributed by atoms with Gasteiger partial charge in [-0.2, -0.15) is 0 Å². The largest absolute Gasteiger partial charge is 0.497 e. The monoisotopic (exact) mass is 504 g/mol. The van der Waals surface area contributed by atoms with Gasteiger partial charge in [0.05, 0.1) is 13.7 Å². The summed E-state index contributed by atoms with van der Waals surface area (Å²) in [4.78, 5) is 20.8. The van der Waals surface area contributed by atoms with Gasteiger partial charge in [-0.3, -0.25) is 9.79 Å². The third-order valence-corrected chi connectivity index (χ3v) is 4.69. The fourth-order valence-corrected chi connectivity index (χ4v) is 2.89. The lowest BCUT2D eigenvalue weighted by Crippen LogP contribution is -2.45. The van der Waals surface area contributed by atoms with Gasteiger partial charge in [0.1, 0.15) is 5.75 Å². The Balaban J connectivity index is 0.00000729. The van der Waals surface area contributed by atoms with Crippen LogP contribution in [0.4, 0.5) is 0 Å². The van der Waals surface area contributed by atoms with Crippen molar-refractivity contribution in [2.75, 3.05) is 46.9 Å². The summed E-state index contributed by atoms with van der Waals surface area (Å²) >= 11 is 0. The van der Waals surface area contributed by atoms with E-state index in [9.17, 15) is 4.79 Å². The highest BCUT2D eigenvalue weighted by atomic mass is 127. The SMILES string of the molecule is CCNC(=NCCC(C)c1ccc(OC)cc1)N(C)CC(=O)N(CC)CC.I. The summed E-state index contributed by atoms with van der Waals surface area (Å²) in [5, 5.41) is 3.28. The minimum atomic E-state index is 0. The Bertz CT molecular complexity index is 589. The summed E-state index contributed by atoms with van der Waals surface area (Å²) in [6, 6.07) is 8.19. The van der Waals surface area contributed by atoms with E-state index in [0.717, 1.165) is 37.8 Å². The van der Waals surface area contributed by atoms with Crippen LogP contribution in [-0.2, 0) is 4.79 Å². The Morgan fingerprint density at radius 2 is 1.79 bits per heavy atom. The van der Waals surface area contributed by atoms with Gasteiger partial charge in [-0.1, -0.05) is 19.1 Å². The van der Waals surface area contributed by atoms with E-state index in [1.165, 1.54) is 5.56 Å². The maximum atomic E-state index is 12.3. The van der Waals surface area contributed by atoms with Crippen molar-refractivity contribution < 1.29 is 9.53 Å². The van der Waals surface area contributed by atoms with Crippen LogP contribution in [0.5, 0.6) is 5.75 Å². The van der Waals surface area contributed by atoms with Crippen LogP contribution in [0.2, 0.25) is 0 Å². The molecule has 1 amide bonds. The molecule has 28 heavy (non-hydrogen) atoms. The number of hydrogen-bond acceptors (Lipinski definition) is 3. The molecule has 1 atom stereocenters. The number of guanidine groups is 1. The molecule has 0 bridgehead atoms. The van der Waals surface area contributed by atoms with Gasteiger partial charge in [0.25, 0.3) is 0 Å². The molecule has 0 saturated carbocycles. The summed E-state index contributed by atoms with van der Waals surface area (Å²) in [5.41, 5.74) is 1.28. The topological polar surface area (TPSA) is 57.2 Å². The first-order valence-electron chi connectivity index (χ1n) is 9.87. The molecule has 1 unspecified atom stereocenters. The van der Waals surface area contributed by atoms with Gasteiger partial charge in [-0.25, -0.2) is 0 Å². The first-order valence-corrected chi connectivity index (χ1v) is 9.87. The number of carbonyl (C=O) groups is 1. The molecule has 0 aliphatic rings. The lowest BCUT2D eigenvalue weighted by atomic mass is 9.98. The van der Waals surface area contributed by atoms with Gasteiger partial charge < -0.3 is 19.9 Å². The van der Waals surface area contributed by atoms with Gasteiger partial charge in [-0.05, 0) is 50.8 Å². The average Bonchev–Trinajstić information content (AvgIpc) is 2.68. The molecule has 0 saturated heterocycles. The van der Waals surface area contributed by atoms with Crippen LogP contribution in [0.25, 0.3) is 0 Å². The Kier molecular flexibility index (Phi) is 13.7. The first kappa shape index (κ1) is 26.5. The third-order valence-electron chi connectivity index (χ3n) is 4.69. The molecule has 1 N–H and O–H groups in total. The number of likely N-dealkylation sites (N-methyl/N-ethyl adjacent to an activating group) is 2. The number of rotatable bonds is 10. The van der Waals surface area contributed by atoms with E-state index in [0.29, 0.717) is 19.0 Å². The van der Waals surface area contributed by atoms with E-state index in [1.807, 2.05) is 49.8 Å². The van der Waals surface area contributed by atoms with Crippen LogP contribution in [0.3, 0.4) is 0 Å². The van der Waals surface area contributed by atoms with E-state index in [2.05, 4.69) is 24.4 Å². The molecule has 7 heteroatoms. The minimum Gasteiger partial charge on any atom is -0.497 e. The van der Waals surface area contributed by atoms with Crippen molar-refractivity contribution in [2.45, 2.75) is 40.0 Å². The molecule has 0 heterocycles. The smallest absolute Gasteiger partial charge is 0.242 e. The van der Waals surface area contributed by atoms with Crippen molar-refractivity contribution in [1.82, 2.24) is 15.1 Å². The van der Waals surface area contributed by atoms with Crippen LogP contribution < -0.4 is 10.1 Å². The van der Waals surface area contributed by atoms with Crippen molar-refractivity contribution in [2.24, 2.45) is 4.99 Å². The molecule has 1 rings (SSSR count). The van der Waals surface area contributed by atoms with Crippen molar-refractivity contribution in [3.8, 4) is 5.75 Å². The fourth-order valence-electron chi connectivity index (χ4n) is 2.89. The molecule has 0 aliphatic heterocycles. The molecular formula is C21H37IN4O2. The van der Waals surface area contributed by atoms with E-state index in [4.69, 9.17) is 9.73 Å². The number of nitrogens with zero attached hydrogens (tertiary/aromatic N) is 3. The third kappa shape index (κ3) is 8.67. The average molecular weight is 504 g/mol. The maximum Gasteiger partial charge on any atom is 0.242 e. The number of nitrogens with one attached hydrogen (secondary N) is 1. The number of methoxy groups -OCH3 is 1. The van der Waals surface area contributed by atoms with Crippen LogP contribution in [0.15, 0.2) is 29.3 Å². The predicted octanol–water partition coefficient (Wildman–Crippen LogP) is 3.57. The molecular weight excluding hydrogens is 467 g/mol. The lowest BCUT2D eigenvalue weighted by Gasteiger charge is -2.25. The van der Waals surface area contributed by atoms with Crippen molar-refractivity contribution in [3.05, 3.63) is 29.8 Å². The van der Waals surface area contributed by atoms with Crippen molar-refractivity contribution in [1.29, 1.82) is 0 Å². The highest BCUT2D eigenvalue weighted by molar-refractivity contribution is 14.0. The summed E-state index contributed by atoms with van der Waals surface area (Å²) < 4.78 is 5.21. The second kappa shape index (κ2) is 14.5. The number of ether oxygens (including phenoxy) is 1. The number of hydrogen-bond donors (Lipinski definition) is 1. The Labute approximate surface area is 187 Å². The number of aliphatic imine (C=N–C) groups is 1. The summed E-state index contributed by atoms with van der Waals surface area (Å²) in [6.07, 6.45) is 0.944. The number of carbonyl (C=O) groups excluding carboxylic acids is 1. The second-order valence-corrected chi connectivity index (χ2v) is 6.62. The van der Waals surface area contributed by atoms with Crippen LogP contribution >= 0.6 is 24.0 Å². The van der Waals surface area contributed by atoms with E-state index in [-0.39, 0.29) is 29.9 Å². The van der Waals surface area contributed by atoms with Crippen LogP contribution in [0, 0.1) is 0 Å². The molecule has 0 aromatic heterocycles. The van der Waals surface area contributed by atoms with Gasteiger partial charge in [-0.15, -0.1) is 24.0 Å². The van der Waals surface area contributed by atoms with Gasteiger partial charge in [0.2, 0.25) is 5.91 Å². The molecule has 0 radical (unpaired) electrons. The highest BCUT2D eigenvalue weighted by Crippen LogP contribution is 2.21. The maximum absolute atomic E-state index is 12.3. The summed E-state index contributed by atoms with van der Waals surface area (Å²) in [5.74, 6) is 2.18. The molecule has 6 nitrogen and oxygen atoms in total. The molecule has 1 aromatic carbocycles. The number of benzene rings is 1. The van der Waals surface area contributed by atoms with Gasteiger partial charge in [0.15, 0.2) is 5.96 Å². The van der Waals surface area contributed by atoms with Gasteiger partial charge in [0, 0.05) is 33.2 Å². The Morgan fingerprint density at radius 1 is 1.18 bits per heavy atom. The molecule has 0 aliphatic carbocycles. The van der Waals surface area contributed by atoms with E-state index < -0.39 is 0 Å². The molecule has 0 fully saturated rings. The number of halogens is 1. The predicted molar refractivity (Wildman–Crippen MR) is 128 cm³/mol. The zero-order chi connectivity index (χ0) is 20.2. The second-order valence-electron chi connectivity index (χ2n) is 6.62. The highest BCUT2D eigenvalue weighted by Gasteiger charge is 2.15. The zero-order valence-electron chi connectivity index (χ0n) is 18.2. The van der Waals surface area contributed by atoms with Crippen LogP contribution in [-0.4, -0.2) is 68.5 Å². The lowest BCUT2D eigenvalue weighted by molar-refractivity contribution is -0.131. The Morgan fingerprint density at radius 3 is 2.29 bits per heavy atom. The molecule has 1 aromatic rings.